The third-order valence-electron chi connectivity index (χ3n) is 4.25. The van der Waals surface area contributed by atoms with E-state index in [1.807, 2.05) is 12.3 Å². The lowest BCUT2D eigenvalue weighted by Gasteiger charge is -2.13. The summed E-state index contributed by atoms with van der Waals surface area (Å²) in [6.07, 6.45) is 1.25. The number of fused-ring (bicyclic) bond motifs is 1. The normalized spacial score (nSPS) is 12.1. The highest BCUT2D eigenvalue weighted by Crippen LogP contribution is 2.26. The quantitative estimate of drug-likeness (QED) is 0.357. The van der Waals surface area contributed by atoms with Gasteiger partial charge in [-0.1, -0.05) is 18.7 Å². The summed E-state index contributed by atoms with van der Waals surface area (Å²) >= 11 is 2.68. The van der Waals surface area contributed by atoms with Crippen LogP contribution >= 0.6 is 23.1 Å². The number of hydrogen-bond donors (Lipinski definition) is 1. The maximum absolute atomic E-state index is 12.8. The molecule has 0 aliphatic carbocycles. The number of aromatic nitrogens is 2. The third kappa shape index (κ3) is 4.34. The van der Waals surface area contributed by atoms with Crippen LogP contribution < -0.4 is 10.9 Å². The molecule has 6 nitrogen and oxygen atoms in total. The second kappa shape index (κ2) is 8.70. The summed E-state index contributed by atoms with van der Waals surface area (Å²) in [5.41, 5.74) is 1.11. The van der Waals surface area contributed by atoms with E-state index in [1.165, 1.54) is 27.7 Å². The highest BCUT2D eigenvalue weighted by molar-refractivity contribution is 8.00. The van der Waals surface area contributed by atoms with Gasteiger partial charge in [-0.15, -0.1) is 11.3 Å². The molecule has 1 aromatic carbocycles. The molecule has 0 saturated carbocycles. The van der Waals surface area contributed by atoms with Crippen molar-refractivity contribution in [1.82, 2.24) is 9.55 Å². The molecule has 0 saturated heterocycles. The fourth-order valence-electron chi connectivity index (χ4n) is 2.70. The molecule has 8 heteroatoms. The van der Waals surface area contributed by atoms with Crippen molar-refractivity contribution in [2.24, 2.45) is 7.05 Å². The molecule has 0 bridgehead atoms. The maximum Gasteiger partial charge on any atom is 0.262 e. The summed E-state index contributed by atoms with van der Waals surface area (Å²) in [6.45, 7) is 3.75. The fraction of sp³-hybridized carbons (Fsp3) is 0.300. The number of carbonyl (C=O) groups excluding carboxylic acids is 2. The van der Waals surface area contributed by atoms with Crippen LogP contribution in [-0.4, -0.2) is 26.5 Å². The van der Waals surface area contributed by atoms with Crippen LogP contribution in [0.5, 0.6) is 0 Å². The van der Waals surface area contributed by atoms with E-state index in [2.05, 4.69) is 10.3 Å². The van der Waals surface area contributed by atoms with Crippen molar-refractivity contribution in [2.45, 2.75) is 37.1 Å². The van der Waals surface area contributed by atoms with Gasteiger partial charge in [-0.05, 0) is 49.1 Å². The summed E-state index contributed by atoms with van der Waals surface area (Å²) in [7, 11) is 1.67. The van der Waals surface area contributed by atoms with Gasteiger partial charge in [0.1, 0.15) is 4.83 Å². The Morgan fingerprint density at radius 1 is 1.25 bits per heavy atom. The Morgan fingerprint density at radius 3 is 2.64 bits per heavy atom. The first-order valence-electron chi connectivity index (χ1n) is 8.95. The zero-order valence-corrected chi connectivity index (χ0v) is 17.5. The zero-order chi connectivity index (χ0) is 20.3. The first-order valence-corrected chi connectivity index (χ1v) is 10.7. The average Bonchev–Trinajstić information content (AvgIpc) is 3.14. The third-order valence-corrected chi connectivity index (χ3v) is 6.20. The molecule has 28 heavy (non-hydrogen) atoms. The minimum atomic E-state index is -0.406. The SMILES string of the molecule is CCCC(=O)Nc1ccc(C(=O)C(C)Sc2nc3sccc3c(=O)n2C)cc1. The van der Waals surface area contributed by atoms with Crippen LogP contribution in [0.3, 0.4) is 0 Å². The Hall–Kier alpha value is -2.45. The van der Waals surface area contributed by atoms with E-state index in [1.54, 1.807) is 44.3 Å². The maximum atomic E-state index is 12.8. The Morgan fingerprint density at radius 2 is 1.96 bits per heavy atom. The summed E-state index contributed by atoms with van der Waals surface area (Å²) in [6, 6.07) is 8.62. The molecule has 2 heterocycles. The number of Topliss-reactive ketones (excluding diaryl/α,β-unsaturated/α-hetero) is 1. The van der Waals surface area contributed by atoms with Crippen molar-refractivity contribution in [3.05, 3.63) is 51.6 Å². The van der Waals surface area contributed by atoms with Crippen LogP contribution in [0.4, 0.5) is 5.69 Å². The number of nitrogens with zero attached hydrogens (tertiary/aromatic N) is 2. The lowest BCUT2D eigenvalue weighted by atomic mass is 10.1. The van der Waals surface area contributed by atoms with Gasteiger partial charge in [0.05, 0.1) is 10.6 Å². The molecule has 1 amide bonds. The second-order valence-electron chi connectivity index (χ2n) is 6.40. The number of nitrogens with one attached hydrogen (secondary N) is 1. The number of benzene rings is 1. The number of amides is 1. The molecule has 0 aliphatic rings. The van der Waals surface area contributed by atoms with Crippen molar-refractivity contribution >= 4 is 50.7 Å². The number of ketones is 1. The molecule has 3 aromatic rings. The molecule has 0 aliphatic heterocycles. The Bertz CT molecular complexity index is 1070. The van der Waals surface area contributed by atoms with Crippen molar-refractivity contribution in [1.29, 1.82) is 0 Å². The van der Waals surface area contributed by atoms with Gasteiger partial charge in [0.25, 0.3) is 5.56 Å². The predicted molar refractivity (Wildman–Crippen MR) is 114 cm³/mol. The number of anilines is 1. The lowest BCUT2D eigenvalue weighted by molar-refractivity contribution is -0.116. The van der Waals surface area contributed by atoms with Crippen LogP contribution in [0.25, 0.3) is 10.2 Å². The first kappa shape index (κ1) is 20.3. The number of carbonyl (C=O) groups is 2. The van der Waals surface area contributed by atoms with Crippen molar-refractivity contribution in [2.75, 3.05) is 5.32 Å². The van der Waals surface area contributed by atoms with Crippen LogP contribution in [0.1, 0.15) is 37.0 Å². The molecule has 2 aromatic heterocycles. The largest absolute Gasteiger partial charge is 0.326 e. The van der Waals surface area contributed by atoms with Gasteiger partial charge in [0.15, 0.2) is 10.9 Å². The summed E-state index contributed by atoms with van der Waals surface area (Å²) < 4.78 is 1.48. The van der Waals surface area contributed by atoms with Gasteiger partial charge in [-0.25, -0.2) is 4.98 Å². The van der Waals surface area contributed by atoms with Crippen LogP contribution in [-0.2, 0) is 11.8 Å². The van der Waals surface area contributed by atoms with E-state index in [0.717, 1.165) is 6.42 Å². The summed E-state index contributed by atoms with van der Waals surface area (Å²) in [5.74, 6) is -0.0987. The number of hydrogen-bond acceptors (Lipinski definition) is 6. The highest BCUT2D eigenvalue weighted by Gasteiger charge is 2.20. The molecule has 3 rings (SSSR count). The van der Waals surface area contributed by atoms with E-state index in [0.29, 0.717) is 33.0 Å². The van der Waals surface area contributed by atoms with E-state index in [4.69, 9.17) is 0 Å². The molecule has 0 radical (unpaired) electrons. The standard InChI is InChI=1S/C20H21N3O3S2/c1-4-5-16(24)21-14-8-6-13(7-9-14)17(25)12(2)28-20-22-18-15(10-11-27-18)19(26)23(20)3/h6-12H,4-5H2,1-3H3,(H,21,24). The topological polar surface area (TPSA) is 81.1 Å². The molecule has 0 spiro atoms. The second-order valence-corrected chi connectivity index (χ2v) is 8.60. The number of thiophene rings is 1. The monoisotopic (exact) mass is 415 g/mol. The smallest absolute Gasteiger partial charge is 0.262 e. The Labute approximate surface area is 171 Å². The Balaban J connectivity index is 1.73. The van der Waals surface area contributed by atoms with Crippen LogP contribution in [0, 0.1) is 0 Å². The minimum absolute atomic E-state index is 0.0403. The molecule has 1 unspecified atom stereocenters. The van der Waals surface area contributed by atoms with E-state index < -0.39 is 5.25 Å². The lowest BCUT2D eigenvalue weighted by Crippen LogP contribution is -2.21. The molecular formula is C20H21N3O3S2. The van der Waals surface area contributed by atoms with E-state index in [-0.39, 0.29) is 17.2 Å². The fourth-order valence-corrected chi connectivity index (χ4v) is 4.46. The number of thioether (sulfide) groups is 1. The van der Waals surface area contributed by atoms with E-state index >= 15 is 0 Å². The van der Waals surface area contributed by atoms with Gasteiger partial charge >= 0.3 is 0 Å². The Kier molecular flexibility index (Phi) is 6.31. The van der Waals surface area contributed by atoms with Crippen LogP contribution in [0.2, 0.25) is 0 Å². The van der Waals surface area contributed by atoms with Crippen molar-refractivity contribution < 1.29 is 9.59 Å². The molecule has 1 atom stereocenters. The molecule has 1 N–H and O–H groups in total. The van der Waals surface area contributed by atoms with E-state index in [9.17, 15) is 14.4 Å². The summed E-state index contributed by atoms with van der Waals surface area (Å²) in [5, 5.41) is 5.35. The average molecular weight is 416 g/mol. The zero-order valence-electron chi connectivity index (χ0n) is 15.9. The van der Waals surface area contributed by atoms with Gasteiger partial charge in [-0.2, -0.15) is 0 Å². The number of rotatable bonds is 7. The van der Waals surface area contributed by atoms with Gasteiger partial charge in [0, 0.05) is 24.7 Å². The van der Waals surface area contributed by atoms with Crippen LogP contribution in [0.15, 0.2) is 45.7 Å². The highest BCUT2D eigenvalue weighted by atomic mass is 32.2. The molecule has 146 valence electrons. The molecular weight excluding hydrogens is 394 g/mol. The van der Waals surface area contributed by atoms with Gasteiger partial charge < -0.3 is 5.32 Å². The summed E-state index contributed by atoms with van der Waals surface area (Å²) in [4.78, 5) is 42.0. The first-order chi connectivity index (χ1) is 13.4. The van der Waals surface area contributed by atoms with Gasteiger partial charge in [0.2, 0.25) is 5.91 Å². The minimum Gasteiger partial charge on any atom is -0.326 e. The van der Waals surface area contributed by atoms with Gasteiger partial charge in [-0.3, -0.25) is 19.0 Å². The predicted octanol–water partition coefficient (Wildman–Crippen LogP) is 4.10. The van der Waals surface area contributed by atoms with Crippen molar-refractivity contribution in [3.63, 3.8) is 0 Å². The van der Waals surface area contributed by atoms with Crippen molar-refractivity contribution in [3.8, 4) is 0 Å². The molecule has 0 fully saturated rings.